The molecule has 0 aliphatic carbocycles. The maximum absolute atomic E-state index is 10.7. The molecule has 1 rings (SSSR count). The zero-order valence-corrected chi connectivity index (χ0v) is 9.23. The lowest BCUT2D eigenvalue weighted by atomic mass is 10.3. The highest BCUT2D eigenvalue weighted by atomic mass is 16.5. The molecule has 1 aromatic carbocycles. The Hall–Kier alpha value is -2.04. The molecule has 0 unspecified atom stereocenters. The van der Waals surface area contributed by atoms with Crippen molar-refractivity contribution in [1.29, 1.82) is 0 Å². The van der Waals surface area contributed by atoms with Crippen LogP contribution in [0.4, 0.5) is 5.69 Å². The Morgan fingerprint density at radius 1 is 1.44 bits per heavy atom. The van der Waals surface area contributed by atoms with Crippen molar-refractivity contribution in [2.45, 2.75) is 13.3 Å². The summed E-state index contributed by atoms with van der Waals surface area (Å²) < 4.78 is 5.00. The fourth-order valence-corrected chi connectivity index (χ4v) is 1.08. The normalized spacial score (nSPS) is 11.0. The lowest BCUT2D eigenvalue weighted by molar-refractivity contribution is -0.129. The molecule has 5 heteroatoms. The molecule has 86 valence electrons. The number of anilines is 1. The Bertz CT molecular complexity index is 385. The second-order valence-electron chi connectivity index (χ2n) is 3.06. The van der Waals surface area contributed by atoms with E-state index in [4.69, 9.17) is 9.84 Å². The predicted octanol–water partition coefficient (Wildman–Crippen LogP) is 1.96. The zero-order valence-electron chi connectivity index (χ0n) is 9.23. The smallest absolute Gasteiger partial charge is 0.352 e. The minimum Gasteiger partial charge on any atom is -0.497 e. The lowest BCUT2D eigenvalue weighted by Crippen LogP contribution is -2.13. The fourth-order valence-electron chi connectivity index (χ4n) is 1.08. The van der Waals surface area contributed by atoms with Gasteiger partial charge in [-0.3, -0.25) is 5.43 Å². The van der Waals surface area contributed by atoms with E-state index in [9.17, 15) is 4.79 Å². The van der Waals surface area contributed by atoms with Crippen LogP contribution in [0.3, 0.4) is 0 Å². The molecule has 0 heterocycles. The largest absolute Gasteiger partial charge is 0.497 e. The van der Waals surface area contributed by atoms with E-state index in [2.05, 4.69) is 10.5 Å². The summed E-state index contributed by atoms with van der Waals surface area (Å²) in [5.41, 5.74) is 3.49. The average molecular weight is 222 g/mol. The Morgan fingerprint density at radius 3 is 2.50 bits per heavy atom. The minimum absolute atomic E-state index is 0.0934. The number of hydrogen-bond acceptors (Lipinski definition) is 4. The molecule has 0 saturated carbocycles. The molecule has 0 saturated heterocycles. The number of carboxylic acid groups (broad SMARTS) is 1. The first-order valence-corrected chi connectivity index (χ1v) is 4.87. The number of rotatable bonds is 5. The van der Waals surface area contributed by atoms with Gasteiger partial charge in [-0.2, -0.15) is 5.10 Å². The predicted molar refractivity (Wildman–Crippen MR) is 62.0 cm³/mol. The third-order valence-electron chi connectivity index (χ3n) is 1.99. The van der Waals surface area contributed by atoms with E-state index in [1.165, 1.54) is 0 Å². The van der Waals surface area contributed by atoms with Crippen LogP contribution >= 0.6 is 0 Å². The number of nitrogens with one attached hydrogen (secondary N) is 1. The van der Waals surface area contributed by atoms with Crippen LogP contribution in [-0.4, -0.2) is 23.9 Å². The summed E-state index contributed by atoms with van der Waals surface area (Å²) in [4.78, 5) is 10.7. The number of hydrogen-bond donors (Lipinski definition) is 2. The Balaban J connectivity index is 2.69. The first-order valence-electron chi connectivity index (χ1n) is 4.87. The van der Waals surface area contributed by atoms with Gasteiger partial charge in [0.1, 0.15) is 11.5 Å². The third-order valence-corrected chi connectivity index (χ3v) is 1.99. The second kappa shape index (κ2) is 5.75. The molecule has 0 radical (unpaired) electrons. The van der Waals surface area contributed by atoms with Gasteiger partial charge in [0.2, 0.25) is 0 Å². The van der Waals surface area contributed by atoms with Gasteiger partial charge in [0.05, 0.1) is 12.8 Å². The number of methoxy groups -OCH3 is 1. The SMILES string of the molecule is CCC(=NNc1ccc(OC)cc1)C(=O)O. The molecule has 16 heavy (non-hydrogen) atoms. The first kappa shape index (κ1) is 12.0. The van der Waals surface area contributed by atoms with Crippen molar-refractivity contribution in [3.63, 3.8) is 0 Å². The molecule has 0 amide bonds. The molecule has 1 aromatic rings. The molecule has 0 spiro atoms. The molecule has 0 aliphatic heterocycles. The number of nitrogens with zero attached hydrogens (tertiary/aromatic N) is 1. The molecular formula is C11H14N2O3. The standard InChI is InChI=1S/C11H14N2O3/c1-3-10(11(14)15)13-12-8-4-6-9(16-2)7-5-8/h4-7,12H,3H2,1-2H3,(H,14,15). The summed E-state index contributed by atoms with van der Waals surface area (Å²) in [6.45, 7) is 1.74. The summed E-state index contributed by atoms with van der Waals surface area (Å²) >= 11 is 0. The minimum atomic E-state index is -1.01. The van der Waals surface area contributed by atoms with Crippen LogP contribution in [0.5, 0.6) is 5.75 Å². The summed E-state index contributed by atoms with van der Waals surface area (Å²) in [6.07, 6.45) is 0.374. The van der Waals surface area contributed by atoms with Crippen molar-refractivity contribution in [1.82, 2.24) is 0 Å². The van der Waals surface area contributed by atoms with Crippen LogP contribution in [0, 0.1) is 0 Å². The molecule has 0 fully saturated rings. The Kier molecular flexibility index (Phi) is 4.32. The van der Waals surface area contributed by atoms with Crippen LogP contribution in [0.2, 0.25) is 0 Å². The van der Waals surface area contributed by atoms with Crippen molar-refractivity contribution >= 4 is 17.4 Å². The van der Waals surface area contributed by atoms with Crippen LogP contribution in [0.1, 0.15) is 13.3 Å². The highest BCUT2D eigenvalue weighted by Crippen LogP contribution is 2.14. The highest BCUT2D eigenvalue weighted by Gasteiger charge is 2.05. The topological polar surface area (TPSA) is 70.9 Å². The molecule has 0 aromatic heterocycles. The van der Waals surface area contributed by atoms with Gasteiger partial charge in [0.15, 0.2) is 0 Å². The fraction of sp³-hybridized carbons (Fsp3) is 0.273. The molecule has 5 nitrogen and oxygen atoms in total. The van der Waals surface area contributed by atoms with E-state index in [1.54, 1.807) is 38.3 Å². The maximum Gasteiger partial charge on any atom is 0.352 e. The second-order valence-corrected chi connectivity index (χ2v) is 3.06. The summed E-state index contributed by atoms with van der Waals surface area (Å²) in [6, 6.07) is 7.06. The number of benzene rings is 1. The van der Waals surface area contributed by atoms with Gasteiger partial charge in [-0.1, -0.05) is 6.92 Å². The lowest BCUT2D eigenvalue weighted by Gasteiger charge is -2.03. The van der Waals surface area contributed by atoms with Gasteiger partial charge in [-0.05, 0) is 30.7 Å². The number of ether oxygens (including phenoxy) is 1. The molecular weight excluding hydrogens is 208 g/mol. The van der Waals surface area contributed by atoms with Gasteiger partial charge in [0, 0.05) is 0 Å². The maximum atomic E-state index is 10.7. The quantitative estimate of drug-likeness (QED) is 0.590. The monoisotopic (exact) mass is 222 g/mol. The number of carbonyl (C=O) groups is 1. The van der Waals surface area contributed by atoms with Crippen molar-refractivity contribution in [3.8, 4) is 5.75 Å². The van der Waals surface area contributed by atoms with Gasteiger partial charge in [-0.15, -0.1) is 0 Å². The summed E-state index contributed by atoms with van der Waals surface area (Å²) in [5.74, 6) is -0.271. The highest BCUT2D eigenvalue weighted by molar-refractivity contribution is 6.35. The molecule has 0 aliphatic rings. The Labute approximate surface area is 93.7 Å². The van der Waals surface area contributed by atoms with Crippen LogP contribution < -0.4 is 10.2 Å². The zero-order chi connectivity index (χ0) is 12.0. The summed E-state index contributed by atoms with van der Waals surface area (Å²) in [5, 5.41) is 12.5. The van der Waals surface area contributed by atoms with E-state index >= 15 is 0 Å². The number of carboxylic acids is 1. The number of aliphatic carboxylic acids is 1. The van der Waals surface area contributed by atoms with Crippen LogP contribution in [0.15, 0.2) is 29.4 Å². The molecule has 2 N–H and O–H groups in total. The molecule has 0 bridgehead atoms. The van der Waals surface area contributed by atoms with E-state index in [0.29, 0.717) is 12.1 Å². The average Bonchev–Trinajstić information content (AvgIpc) is 2.30. The van der Waals surface area contributed by atoms with E-state index in [0.717, 1.165) is 5.75 Å². The first-order chi connectivity index (χ1) is 7.67. The van der Waals surface area contributed by atoms with E-state index < -0.39 is 5.97 Å². The summed E-state index contributed by atoms with van der Waals surface area (Å²) in [7, 11) is 1.58. The van der Waals surface area contributed by atoms with Gasteiger partial charge in [-0.25, -0.2) is 4.79 Å². The number of hydrazone groups is 1. The van der Waals surface area contributed by atoms with Gasteiger partial charge in [0.25, 0.3) is 0 Å². The van der Waals surface area contributed by atoms with Crippen LogP contribution in [-0.2, 0) is 4.79 Å². The van der Waals surface area contributed by atoms with Gasteiger partial charge >= 0.3 is 5.97 Å². The van der Waals surface area contributed by atoms with Gasteiger partial charge < -0.3 is 9.84 Å². The van der Waals surface area contributed by atoms with Crippen molar-refractivity contribution < 1.29 is 14.6 Å². The van der Waals surface area contributed by atoms with Crippen molar-refractivity contribution in [2.24, 2.45) is 5.10 Å². The Morgan fingerprint density at radius 2 is 2.06 bits per heavy atom. The van der Waals surface area contributed by atoms with E-state index in [-0.39, 0.29) is 5.71 Å². The third kappa shape index (κ3) is 3.27. The molecule has 0 atom stereocenters. The van der Waals surface area contributed by atoms with Crippen LogP contribution in [0.25, 0.3) is 0 Å². The van der Waals surface area contributed by atoms with E-state index in [1.807, 2.05) is 0 Å². The van der Waals surface area contributed by atoms with Crippen molar-refractivity contribution in [3.05, 3.63) is 24.3 Å². The van der Waals surface area contributed by atoms with Crippen molar-refractivity contribution in [2.75, 3.05) is 12.5 Å².